The summed E-state index contributed by atoms with van der Waals surface area (Å²) in [6, 6.07) is 8.66. The molecule has 27 heavy (non-hydrogen) atoms. The molecule has 1 heterocycles. The van der Waals surface area contributed by atoms with E-state index in [1.165, 1.54) is 37.4 Å². The van der Waals surface area contributed by atoms with Gasteiger partial charge in [0.25, 0.3) is 5.56 Å². The van der Waals surface area contributed by atoms with E-state index in [0.717, 1.165) is 9.13 Å². The minimum absolute atomic E-state index is 0.132. The number of hydrogen-bond donors (Lipinski definition) is 1. The van der Waals surface area contributed by atoms with E-state index in [1.807, 2.05) is 0 Å². The van der Waals surface area contributed by atoms with Crippen LogP contribution in [0.5, 0.6) is 5.75 Å². The van der Waals surface area contributed by atoms with Gasteiger partial charge in [0.15, 0.2) is 0 Å². The van der Waals surface area contributed by atoms with Gasteiger partial charge in [-0.2, -0.15) is 0 Å². The van der Waals surface area contributed by atoms with Crippen molar-refractivity contribution in [1.29, 1.82) is 0 Å². The van der Waals surface area contributed by atoms with Gasteiger partial charge in [-0.1, -0.05) is 22.0 Å². The van der Waals surface area contributed by atoms with Crippen LogP contribution in [-0.4, -0.2) is 27.3 Å². The summed E-state index contributed by atoms with van der Waals surface area (Å²) in [6.07, 6.45) is 0. The number of aromatic nitrogens is 2. The minimum Gasteiger partial charge on any atom is -0.497 e. The van der Waals surface area contributed by atoms with E-state index in [-0.39, 0.29) is 23.0 Å². The van der Waals surface area contributed by atoms with Crippen LogP contribution in [0.4, 0.5) is 4.39 Å². The molecular formula is C18H14BrFN2O5. The lowest BCUT2D eigenvalue weighted by molar-refractivity contribution is -0.137. The van der Waals surface area contributed by atoms with Crippen LogP contribution >= 0.6 is 15.9 Å². The van der Waals surface area contributed by atoms with Gasteiger partial charge in [0.2, 0.25) is 0 Å². The van der Waals surface area contributed by atoms with E-state index in [4.69, 9.17) is 9.84 Å². The molecule has 0 aliphatic carbocycles. The van der Waals surface area contributed by atoms with E-state index in [2.05, 4.69) is 15.9 Å². The Morgan fingerprint density at radius 1 is 1.19 bits per heavy atom. The first kappa shape index (κ1) is 18.8. The lowest BCUT2D eigenvalue weighted by Crippen LogP contribution is -2.41. The van der Waals surface area contributed by atoms with E-state index >= 15 is 0 Å². The maximum absolute atomic E-state index is 14.2. The van der Waals surface area contributed by atoms with Crippen LogP contribution in [0.3, 0.4) is 0 Å². The van der Waals surface area contributed by atoms with Crippen molar-refractivity contribution >= 4 is 32.8 Å². The molecule has 0 spiro atoms. The molecule has 3 aromatic rings. The van der Waals surface area contributed by atoms with Crippen molar-refractivity contribution in [2.75, 3.05) is 7.11 Å². The Morgan fingerprint density at radius 3 is 2.56 bits per heavy atom. The lowest BCUT2D eigenvalue weighted by atomic mass is 10.2. The van der Waals surface area contributed by atoms with Gasteiger partial charge in [0.05, 0.1) is 24.6 Å². The van der Waals surface area contributed by atoms with Crippen molar-refractivity contribution in [1.82, 2.24) is 9.13 Å². The Labute approximate surface area is 160 Å². The molecule has 1 N–H and O–H groups in total. The van der Waals surface area contributed by atoms with Gasteiger partial charge >= 0.3 is 11.7 Å². The Bertz CT molecular complexity index is 1170. The summed E-state index contributed by atoms with van der Waals surface area (Å²) in [5, 5.41) is 9.29. The van der Waals surface area contributed by atoms with Crippen molar-refractivity contribution in [2.24, 2.45) is 0 Å². The molecule has 0 aliphatic heterocycles. The zero-order valence-corrected chi connectivity index (χ0v) is 15.7. The molecule has 0 bridgehead atoms. The van der Waals surface area contributed by atoms with Crippen molar-refractivity contribution in [3.8, 4) is 5.75 Å². The number of rotatable bonds is 5. The van der Waals surface area contributed by atoms with Gasteiger partial charge in [-0.25, -0.2) is 9.18 Å². The van der Waals surface area contributed by atoms with Crippen molar-refractivity contribution in [2.45, 2.75) is 13.1 Å². The smallest absolute Gasteiger partial charge is 0.332 e. The first-order valence-electron chi connectivity index (χ1n) is 7.79. The normalized spacial score (nSPS) is 10.9. The molecule has 0 saturated heterocycles. The van der Waals surface area contributed by atoms with Crippen LogP contribution in [0.1, 0.15) is 5.56 Å². The van der Waals surface area contributed by atoms with Gasteiger partial charge in [-0.15, -0.1) is 0 Å². The number of carbonyl (C=O) groups is 1. The molecule has 0 unspecified atom stereocenters. The van der Waals surface area contributed by atoms with Crippen LogP contribution in [0.2, 0.25) is 0 Å². The molecular weight excluding hydrogens is 423 g/mol. The number of carboxylic acid groups (broad SMARTS) is 1. The number of benzene rings is 2. The predicted molar refractivity (Wildman–Crippen MR) is 99.9 cm³/mol. The Hall–Kier alpha value is -2.94. The highest BCUT2D eigenvalue weighted by Crippen LogP contribution is 2.18. The molecule has 7 nitrogen and oxygen atoms in total. The third-order valence-corrected chi connectivity index (χ3v) is 4.56. The van der Waals surface area contributed by atoms with Gasteiger partial charge < -0.3 is 9.84 Å². The quantitative estimate of drug-likeness (QED) is 0.661. The number of ether oxygens (including phenoxy) is 1. The molecule has 0 atom stereocenters. The second-order valence-electron chi connectivity index (χ2n) is 5.77. The van der Waals surface area contributed by atoms with E-state index < -0.39 is 29.6 Å². The number of aliphatic carboxylic acids is 1. The number of methoxy groups -OCH3 is 1. The highest BCUT2D eigenvalue weighted by molar-refractivity contribution is 9.10. The largest absolute Gasteiger partial charge is 0.497 e. The predicted octanol–water partition coefficient (Wildman–Crippen LogP) is 2.21. The van der Waals surface area contributed by atoms with Gasteiger partial charge in [-0.05, 0) is 24.3 Å². The third-order valence-electron chi connectivity index (χ3n) is 4.07. The number of hydrogen-bond acceptors (Lipinski definition) is 4. The SMILES string of the molecule is COc1ccc2c(=O)n(Cc3ccc(Br)cc3F)c(=O)n(CC(=O)O)c2c1. The van der Waals surface area contributed by atoms with Crippen LogP contribution in [0, 0.1) is 5.82 Å². The van der Waals surface area contributed by atoms with E-state index in [0.29, 0.717) is 10.2 Å². The first-order chi connectivity index (χ1) is 12.8. The fraction of sp³-hybridized carbons (Fsp3) is 0.167. The summed E-state index contributed by atoms with van der Waals surface area (Å²) in [5.74, 6) is -1.46. The topological polar surface area (TPSA) is 90.5 Å². The molecule has 0 amide bonds. The summed E-state index contributed by atoms with van der Waals surface area (Å²) in [7, 11) is 1.42. The van der Waals surface area contributed by atoms with Crippen LogP contribution in [0.15, 0.2) is 50.5 Å². The number of halogens is 2. The van der Waals surface area contributed by atoms with Crippen molar-refractivity contribution in [3.63, 3.8) is 0 Å². The molecule has 9 heteroatoms. The zero-order chi connectivity index (χ0) is 19.7. The van der Waals surface area contributed by atoms with Crippen molar-refractivity contribution < 1.29 is 19.0 Å². The average Bonchev–Trinajstić information content (AvgIpc) is 2.63. The van der Waals surface area contributed by atoms with Crippen LogP contribution in [-0.2, 0) is 17.9 Å². The maximum Gasteiger partial charge on any atom is 0.332 e. The summed E-state index contributed by atoms with van der Waals surface area (Å²) in [6.45, 7) is -0.968. The third kappa shape index (κ3) is 3.63. The molecule has 3 rings (SSSR count). The number of fused-ring (bicyclic) bond motifs is 1. The highest BCUT2D eigenvalue weighted by atomic mass is 79.9. The van der Waals surface area contributed by atoms with Crippen LogP contribution in [0.25, 0.3) is 10.9 Å². The summed E-state index contributed by atoms with van der Waals surface area (Å²) < 4.78 is 21.5. The average molecular weight is 437 g/mol. The van der Waals surface area contributed by atoms with Gasteiger partial charge in [0.1, 0.15) is 18.1 Å². The molecule has 0 fully saturated rings. The fourth-order valence-electron chi connectivity index (χ4n) is 2.77. The lowest BCUT2D eigenvalue weighted by Gasteiger charge is -2.14. The van der Waals surface area contributed by atoms with Gasteiger partial charge in [-0.3, -0.25) is 18.7 Å². The standard InChI is InChI=1S/C18H14BrFN2O5/c1-27-12-4-5-13-15(7-12)21(9-16(23)24)18(26)22(17(13)25)8-10-2-3-11(19)6-14(10)20/h2-7H,8-9H2,1H3,(H,23,24). The second kappa shape index (κ2) is 7.36. The fourth-order valence-corrected chi connectivity index (χ4v) is 3.10. The Balaban J connectivity index is 2.28. The summed E-state index contributed by atoms with van der Waals surface area (Å²) in [4.78, 5) is 36.8. The minimum atomic E-state index is -1.25. The Morgan fingerprint density at radius 2 is 1.93 bits per heavy atom. The Kier molecular flexibility index (Phi) is 5.13. The maximum atomic E-state index is 14.2. The number of carboxylic acids is 1. The van der Waals surface area contributed by atoms with Gasteiger partial charge in [0, 0.05) is 16.1 Å². The van der Waals surface area contributed by atoms with Crippen molar-refractivity contribution in [3.05, 3.63) is 73.1 Å². The molecule has 0 saturated carbocycles. The molecule has 0 aliphatic rings. The molecule has 140 valence electrons. The molecule has 2 aromatic carbocycles. The van der Waals surface area contributed by atoms with Crippen LogP contribution < -0.4 is 16.0 Å². The highest BCUT2D eigenvalue weighted by Gasteiger charge is 2.17. The monoisotopic (exact) mass is 436 g/mol. The van der Waals surface area contributed by atoms with E-state index in [9.17, 15) is 18.8 Å². The van der Waals surface area contributed by atoms with E-state index in [1.54, 1.807) is 6.07 Å². The number of nitrogens with zero attached hydrogens (tertiary/aromatic N) is 2. The summed E-state index contributed by atoms with van der Waals surface area (Å²) >= 11 is 3.14. The zero-order valence-electron chi connectivity index (χ0n) is 14.1. The first-order valence-corrected chi connectivity index (χ1v) is 8.58. The second-order valence-corrected chi connectivity index (χ2v) is 6.69. The molecule has 1 aromatic heterocycles. The summed E-state index contributed by atoms with van der Waals surface area (Å²) in [5.41, 5.74) is -1.21. The molecule has 0 radical (unpaired) electrons.